The predicted octanol–water partition coefficient (Wildman–Crippen LogP) is 4.05. The van der Waals surface area contributed by atoms with Crippen LogP contribution >= 0.6 is 11.3 Å². The zero-order valence-corrected chi connectivity index (χ0v) is 16.9. The van der Waals surface area contributed by atoms with Crippen LogP contribution in [0.4, 0.5) is 10.8 Å². The Balaban J connectivity index is 1.53. The second-order valence-corrected chi connectivity index (χ2v) is 9.03. The molecule has 2 heterocycles. The maximum atomic E-state index is 12.6. The Bertz CT molecular complexity index is 1270. The largest absolute Gasteiger partial charge is 0.298 e. The number of aromatic nitrogens is 2. The first-order valence-electron chi connectivity index (χ1n) is 8.62. The second-order valence-electron chi connectivity index (χ2n) is 6.32. The Kier molecular flexibility index (Phi) is 4.99. The third-order valence-electron chi connectivity index (χ3n) is 4.10. The van der Waals surface area contributed by atoms with Crippen LogP contribution in [0.1, 0.15) is 15.9 Å². The number of hydrogen-bond acceptors (Lipinski definition) is 6. The van der Waals surface area contributed by atoms with E-state index in [1.54, 1.807) is 12.1 Å². The van der Waals surface area contributed by atoms with Crippen molar-refractivity contribution < 1.29 is 13.2 Å². The molecule has 29 heavy (non-hydrogen) atoms. The van der Waals surface area contributed by atoms with Gasteiger partial charge in [0.1, 0.15) is 0 Å². The van der Waals surface area contributed by atoms with Gasteiger partial charge < -0.3 is 0 Å². The van der Waals surface area contributed by atoms with E-state index >= 15 is 0 Å². The first kappa shape index (κ1) is 19.0. The van der Waals surface area contributed by atoms with Crippen molar-refractivity contribution in [3.8, 4) is 0 Å². The number of benzene rings is 2. The summed E-state index contributed by atoms with van der Waals surface area (Å²) in [4.78, 5) is 21.0. The van der Waals surface area contributed by atoms with Crippen LogP contribution in [0, 0.1) is 6.92 Å². The molecule has 0 aliphatic heterocycles. The Morgan fingerprint density at radius 1 is 1.03 bits per heavy atom. The number of nitrogens with zero attached hydrogens (tertiary/aromatic N) is 2. The van der Waals surface area contributed by atoms with E-state index in [1.165, 1.54) is 41.9 Å². The lowest BCUT2D eigenvalue weighted by Crippen LogP contribution is -2.15. The number of hydrogen-bond donors (Lipinski definition) is 2. The summed E-state index contributed by atoms with van der Waals surface area (Å²) in [6, 6.07) is 15.5. The molecule has 2 aromatic heterocycles. The predicted molar refractivity (Wildman–Crippen MR) is 114 cm³/mol. The van der Waals surface area contributed by atoms with Gasteiger partial charge in [0.05, 0.1) is 32.6 Å². The van der Waals surface area contributed by atoms with E-state index in [1.807, 2.05) is 31.2 Å². The number of para-hydroxylation sites is 1. The lowest BCUT2D eigenvalue weighted by Gasteiger charge is -2.09. The molecule has 0 aliphatic rings. The Morgan fingerprint density at radius 2 is 1.79 bits per heavy atom. The molecule has 0 unspecified atom stereocenters. The SMILES string of the molecule is Cc1ccc(S(=O)(=O)Nc2cncc(C(=O)Nc3nc4ccccc4s3)c2)cc1. The van der Waals surface area contributed by atoms with E-state index in [-0.39, 0.29) is 16.1 Å². The van der Waals surface area contributed by atoms with Gasteiger partial charge >= 0.3 is 0 Å². The molecule has 0 bridgehead atoms. The van der Waals surface area contributed by atoms with Gasteiger partial charge in [-0.1, -0.05) is 41.2 Å². The third kappa shape index (κ3) is 4.25. The molecule has 9 heteroatoms. The fraction of sp³-hybridized carbons (Fsp3) is 0.0500. The van der Waals surface area contributed by atoms with Gasteiger partial charge in [0.15, 0.2) is 5.13 Å². The average molecular weight is 425 g/mol. The van der Waals surface area contributed by atoms with Gasteiger partial charge in [0, 0.05) is 6.20 Å². The highest BCUT2D eigenvalue weighted by Crippen LogP contribution is 2.26. The molecule has 0 spiro atoms. The van der Waals surface area contributed by atoms with Crippen LogP contribution in [0.25, 0.3) is 10.2 Å². The maximum Gasteiger partial charge on any atom is 0.261 e. The average Bonchev–Trinajstić information content (AvgIpc) is 3.10. The number of anilines is 2. The maximum absolute atomic E-state index is 12.6. The fourth-order valence-corrected chi connectivity index (χ4v) is 4.54. The van der Waals surface area contributed by atoms with E-state index in [9.17, 15) is 13.2 Å². The number of carbonyl (C=O) groups is 1. The van der Waals surface area contributed by atoms with E-state index in [4.69, 9.17) is 0 Å². The van der Waals surface area contributed by atoms with Crippen molar-refractivity contribution in [2.45, 2.75) is 11.8 Å². The van der Waals surface area contributed by atoms with Crippen LogP contribution in [0.2, 0.25) is 0 Å². The summed E-state index contributed by atoms with van der Waals surface area (Å²) in [5, 5.41) is 3.19. The van der Waals surface area contributed by atoms with Crippen molar-refractivity contribution in [1.29, 1.82) is 0 Å². The van der Waals surface area contributed by atoms with E-state index < -0.39 is 15.9 Å². The molecule has 0 fully saturated rings. The number of thiazole rings is 1. The normalized spacial score (nSPS) is 11.3. The van der Waals surface area contributed by atoms with Crippen LogP contribution in [-0.2, 0) is 10.0 Å². The molecule has 0 radical (unpaired) electrons. The number of nitrogens with one attached hydrogen (secondary N) is 2. The van der Waals surface area contributed by atoms with Crippen molar-refractivity contribution in [2.24, 2.45) is 0 Å². The lowest BCUT2D eigenvalue weighted by atomic mass is 10.2. The number of sulfonamides is 1. The molecule has 146 valence electrons. The smallest absolute Gasteiger partial charge is 0.261 e. The number of pyridine rings is 1. The third-order valence-corrected chi connectivity index (χ3v) is 6.45. The summed E-state index contributed by atoms with van der Waals surface area (Å²) in [5.41, 5.74) is 2.17. The first-order valence-corrected chi connectivity index (χ1v) is 10.9. The molecule has 4 rings (SSSR count). The Labute approximate surface area is 171 Å². The van der Waals surface area contributed by atoms with Crippen LogP contribution in [-0.4, -0.2) is 24.3 Å². The summed E-state index contributed by atoms with van der Waals surface area (Å²) in [6.07, 6.45) is 2.71. The highest BCUT2D eigenvalue weighted by atomic mass is 32.2. The van der Waals surface area contributed by atoms with Gasteiger partial charge in [-0.25, -0.2) is 13.4 Å². The topological polar surface area (TPSA) is 101 Å². The Morgan fingerprint density at radius 3 is 2.55 bits per heavy atom. The van der Waals surface area contributed by atoms with Crippen molar-refractivity contribution in [1.82, 2.24) is 9.97 Å². The molecule has 0 saturated heterocycles. The minimum absolute atomic E-state index is 0.132. The van der Waals surface area contributed by atoms with Crippen molar-refractivity contribution >= 4 is 48.3 Å². The minimum Gasteiger partial charge on any atom is -0.298 e. The summed E-state index contributed by atoms with van der Waals surface area (Å²) in [5.74, 6) is -0.423. The molecule has 0 saturated carbocycles. The molecule has 4 aromatic rings. The summed E-state index contributed by atoms with van der Waals surface area (Å²) >= 11 is 1.36. The highest BCUT2D eigenvalue weighted by Gasteiger charge is 2.16. The van der Waals surface area contributed by atoms with Gasteiger partial charge in [-0.2, -0.15) is 0 Å². The fourth-order valence-electron chi connectivity index (χ4n) is 2.65. The van der Waals surface area contributed by atoms with Crippen molar-refractivity contribution in [3.05, 3.63) is 78.1 Å². The van der Waals surface area contributed by atoms with E-state index in [2.05, 4.69) is 20.0 Å². The van der Waals surface area contributed by atoms with E-state index in [0.717, 1.165) is 15.8 Å². The van der Waals surface area contributed by atoms with Crippen molar-refractivity contribution in [2.75, 3.05) is 10.0 Å². The molecule has 2 aromatic carbocycles. The monoisotopic (exact) mass is 424 g/mol. The molecule has 7 nitrogen and oxygen atoms in total. The van der Waals surface area contributed by atoms with Crippen LogP contribution in [0.3, 0.4) is 0 Å². The van der Waals surface area contributed by atoms with Crippen LogP contribution < -0.4 is 10.0 Å². The van der Waals surface area contributed by atoms with Gasteiger partial charge in [0.2, 0.25) is 0 Å². The van der Waals surface area contributed by atoms with Crippen LogP contribution in [0.15, 0.2) is 71.9 Å². The quantitative estimate of drug-likeness (QED) is 0.503. The molecular formula is C20H16N4O3S2. The zero-order valence-electron chi connectivity index (χ0n) is 15.3. The number of amides is 1. The van der Waals surface area contributed by atoms with Crippen molar-refractivity contribution in [3.63, 3.8) is 0 Å². The zero-order chi connectivity index (χ0) is 20.4. The number of carbonyl (C=O) groups excluding carboxylic acids is 1. The molecular weight excluding hydrogens is 408 g/mol. The highest BCUT2D eigenvalue weighted by molar-refractivity contribution is 7.92. The van der Waals surface area contributed by atoms with Crippen LogP contribution in [0.5, 0.6) is 0 Å². The summed E-state index contributed by atoms with van der Waals surface area (Å²) < 4.78 is 28.5. The van der Waals surface area contributed by atoms with Gasteiger partial charge in [-0.3, -0.25) is 19.8 Å². The van der Waals surface area contributed by atoms with Gasteiger partial charge in [-0.05, 0) is 37.3 Å². The summed E-state index contributed by atoms with van der Waals surface area (Å²) in [6.45, 7) is 1.88. The lowest BCUT2D eigenvalue weighted by molar-refractivity contribution is 0.102. The first-order chi connectivity index (χ1) is 13.9. The summed E-state index contributed by atoms with van der Waals surface area (Å²) in [7, 11) is -3.78. The number of fused-ring (bicyclic) bond motifs is 1. The minimum atomic E-state index is -3.78. The molecule has 0 aliphatic carbocycles. The van der Waals surface area contributed by atoms with E-state index in [0.29, 0.717) is 5.13 Å². The Hall–Kier alpha value is -3.30. The molecule has 1 amide bonds. The van der Waals surface area contributed by atoms with Gasteiger partial charge in [-0.15, -0.1) is 0 Å². The molecule has 2 N–H and O–H groups in total. The number of rotatable bonds is 5. The second kappa shape index (κ2) is 7.61. The standard InChI is InChI=1S/C20H16N4O3S2/c1-13-6-8-16(9-7-13)29(26,27)24-15-10-14(11-21-12-15)19(25)23-20-22-17-4-2-3-5-18(17)28-20/h2-12,24H,1H3,(H,22,23,25). The van der Waals surface area contributed by atoms with Gasteiger partial charge in [0.25, 0.3) is 15.9 Å². The number of aryl methyl sites for hydroxylation is 1. The molecule has 0 atom stereocenters.